The van der Waals surface area contributed by atoms with E-state index in [0.29, 0.717) is 11.6 Å². The molecule has 3 aromatic rings. The van der Waals surface area contributed by atoms with Gasteiger partial charge in [0.05, 0.1) is 27.8 Å². The van der Waals surface area contributed by atoms with E-state index >= 15 is 0 Å². The van der Waals surface area contributed by atoms with Crippen LogP contribution in [0.3, 0.4) is 0 Å². The van der Waals surface area contributed by atoms with Gasteiger partial charge in [-0.2, -0.15) is 0 Å². The summed E-state index contributed by atoms with van der Waals surface area (Å²) < 4.78 is 29.9. The lowest BCUT2D eigenvalue weighted by atomic mass is 10.3. The summed E-state index contributed by atoms with van der Waals surface area (Å²) in [4.78, 5) is 20.1. The molecule has 0 radical (unpaired) electrons. The molecule has 0 atom stereocenters. The second-order valence-electron chi connectivity index (χ2n) is 5.03. The van der Waals surface area contributed by atoms with Crippen LogP contribution in [0.4, 0.5) is 0 Å². The second-order valence-corrected chi connectivity index (χ2v) is 8.04. The fourth-order valence-corrected chi connectivity index (χ4v) is 4.04. The third kappa shape index (κ3) is 3.87. The number of carbonyl (C=O) groups is 1. The molecule has 0 aliphatic carbocycles. The highest BCUT2D eigenvalue weighted by atomic mass is 32.2. The largest absolute Gasteiger partial charge is 0.444 e. The summed E-state index contributed by atoms with van der Waals surface area (Å²) in [6.07, 6.45) is 1.33. The fraction of sp³-hybridized carbons (Fsp3) is 0.133. The highest BCUT2D eigenvalue weighted by Crippen LogP contribution is 2.24. The first-order valence-electron chi connectivity index (χ1n) is 6.87. The van der Waals surface area contributed by atoms with E-state index < -0.39 is 15.7 Å². The van der Waals surface area contributed by atoms with Crippen molar-refractivity contribution in [1.82, 2.24) is 9.97 Å². The highest BCUT2D eigenvalue weighted by molar-refractivity contribution is 7.89. The van der Waals surface area contributed by atoms with Gasteiger partial charge in [-0.05, 0) is 23.6 Å². The zero-order valence-corrected chi connectivity index (χ0v) is 14.0. The smallest absolute Gasteiger partial charge is 0.267 e. The molecule has 24 heavy (non-hydrogen) atoms. The monoisotopic (exact) mass is 363 g/mol. The van der Waals surface area contributed by atoms with Gasteiger partial charge in [0.15, 0.2) is 9.84 Å². The molecule has 0 bridgehead atoms. The van der Waals surface area contributed by atoms with Crippen LogP contribution in [0.25, 0.3) is 10.8 Å². The second kappa shape index (κ2) is 6.54. The average Bonchev–Trinajstić information content (AvgIpc) is 3.17. The van der Waals surface area contributed by atoms with Gasteiger partial charge in [0, 0.05) is 0 Å². The molecule has 0 saturated heterocycles. The van der Waals surface area contributed by atoms with Crippen molar-refractivity contribution in [3.8, 4) is 10.8 Å². The molecular formula is C15H13N3O4S2. The number of oxazole rings is 1. The van der Waals surface area contributed by atoms with Crippen LogP contribution in [0.1, 0.15) is 21.9 Å². The first-order valence-corrected chi connectivity index (χ1v) is 9.57. The Hall–Kier alpha value is -2.52. The van der Waals surface area contributed by atoms with Gasteiger partial charge in [0.2, 0.25) is 5.89 Å². The number of hydrogen-bond donors (Lipinski definition) is 1. The van der Waals surface area contributed by atoms with Crippen LogP contribution < -0.4 is 5.73 Å². The Morgan fingerprint density at radius 3 is 2.62 bits per heavy atom. The summed E-state index contributed by atoms with van der Waals surface area (Å²) in [5.41, 5.74) is 5.76. The minimum atomic E-state index is -3.52. The van der Waals surface area contributed by atoms with Crippen molar-refractivity contribution in [2.45, 2.75) is 11.5 Å². The van der Waals surface area contributed by atoms with E-state index in [4.69, 9.17) is 10.2 Å². The van der Waals surface area contributed by atoms with Crippen molar-refractivity contribution < 1.29 is 17.6 Å². The molecule has 0 aliphatic rings. The third-order valence-corrected chi connectivity index (χ3v) is 5.41. The van der Waals surface area contributed by atoms with E-state index in [2.05, 4.69) is 9.97 Å². The van der Waals surface area contributed by atoms with E-state index in [9.17, 15) is 13.2 Å². The van der Waals surface area contributed by atoms with Gasteiger partial charge in [-0.1, -0.05) is 12.1 Å². The zero-order valence-electron chi connectivity index (χ0n) is 12.4. The predicted octanol–water partition coefficient (Wildman–Crippen LogP) is 2.01. The standard InChI is InChI=1S/C15H13N3O4S2/c16-14(19)12-4-1-3-10(17-12)8-24(20,21)9-11-7-22-15(18-11)13-5-2-6-23-13/h1-7H,8-9H2,(H2,16,19). The lowest BCUT2D eigenvalue weighted by Crippen LogP contribution is -2.15. The Kier molecular flexibility index (Phi) is 4.45. The van der Waals surface area contributed by atoms with E-state index in [0.717, 1.165) is 4.88 Å². The average molecular weight is 363 g/mol. The number of nitrogens with zero attached hydrogens (tertiary/aromatic N) is 2. The molecule has 7 nitrogen and oxygen atoms in total. The Labute approximate surface area is 142 Å². The number of sulfone groups is 1. The van der Waals surface area contributed by atoms with Crippen molar-refractivity contribution in [2.24, 2.45) is 5.73 Å². The summed E-state index contributed by atoms with van der Waals surface area (Å²) >= 11 is 1.45. The lowest BCUT2D eigenvalue weighted by molar-refractivity contribution is 0.0995. The van der Waals surface area contributed by atoms with Gasteiger partial charge < -0.3 is 10.2 Å². The van der Waals surface area contributed by atoms with Crippen molar-refractivity contribution in [1.29, 1.82) is 0 Å². The zero-order chi connectivity index (χ0) is 17.2. The molecule has 124 valence electrons. The van der Waals surface area contributed by atoms with Gasteiger partial charge >= 0.3 is 0 Å². The minimum absolute atomic E-state index is 0.0316. The Bertz CT molecular complexity index is 962. The molecule has 0 aliphatic heterocycles. The van der Waals surface area contributed by atoms with Crippen LogP contribution in [0, 0.1) is 0 Å². The molecular weight excluding hydrogens is 350 g/mol. The van der Waals surface area contributed by atoms with Crippen molar-refractivity contribution in [3.63, 3.8) is 0 Å². The quantitative estimate of drug-likeness (QED) is 0.716. The maximum Gasteiger partial charge on any atom is 0.267 e. The molecule has 0 aromatic carbocycles. The van der Waals surface area contributed by atoms with Gasteiger partial charge in [-0.3, -0.25) is 4.79 Å². The molecule has 2 N–H and O–H groups in total. The first-order chi connectivity index (χ1) is 11.4. The number of carbonyl (C=O) groups excluding carboxylic acids is 1. The van der Waals surface area contributed by atoms with Crippen molar-refractivity contribution in [2.75, 3.05) is 0 Å². The Morgan fingerprint density at radius 2 is 1.92 bits per heavy atom. The van der Waals surface area contributed by atoms with Gasteiger partial charge in [0.25, 0.3) is 5.91 Å². The Balaban J connectivity index is 1.75. The highest BCUT2D eigenvalue weighted by Gasteiger charge is 2.18. The number of amides is 1. The van der Waals surface area contributed by atoms with Crippen LogP contribution in [0.5, 0.6) is 0 Å². The number of rotatable bonds is 6. The summed E-state index contributed by atoms with van der Waals surface area (Å²) in [5.74, 6) is -0.893. The number of hydrogen-bond acceptors (Lipinski definition) is 7. The minimum Gasteiger partial charge on any atom is -0.444 e. The molecule has 3 heterocycles. The van der Waals surface area contributed by atoms with Gasteiger partial charge in [-0.25, -0.2) is 18.4 Å². The number of pyridine rings is 1. The maximum absolute atomic E-state index is 12.3. The SMILES string of the molecule is NC(=O)c1cccc(CS(=O)(=O)Cc2coc(-c3cccs3)n2)n1. The third-order valence-electron chi connectivity index (χ3n) is 3.08. The van der Waals surface area contributed by atoms with Crippen LogP contribution in [-0.2, 0) is 21.3 Å². The summed E-state index contributed by atoms with van der Waals surface area (Å²) in [5, 5.41) is 1.88. The van der Waals surface area contributed by atoms with Crippen LogP contribution in [0.2, 0.25) is 0 Å². The number of thiophene rings is 1. The van der Waals surface area contributed by atoms with Crippen LogP contribution in [-0.4, -0.2) is 24.3 Å². The summed E-state index contributed by atoms with van der Waals surface area (Å²) in [6, 6.07) is 8.21. The predicted molar refractivity (Wildman–Crippen MR) is 88.9 cm³/mol. The molecule has 3 aromatic heterocycles. The van der Waals surface area contributed by atoms with E-state index in [1.165, 1.54) is 29.7 Å². The van der Waals surface area contributed by atoms with Crippen LogP contribution in [0.15, 0.2) is 46.4 Å². The van der Waals surface area contributed by atoms with Gasteiger partial charge in [-0.15, -0.1) is 11.3 Å². The van der Waals surface area contributed by atoms with Gasteiger partial charge in [0.1, 0.15) is 12.0 Å². The van der Waals surface area contributed by atoms with E-state index in [1.807, 2.05) is 17.5 Å². The normalized spacial score (nSPS) is 11.5. The first kappa shape index (κ1) is 16.3. The van der Waals surface area contributed by atoms with Crippen molar-refractivity contribution in [3.05, 3.63) is 59.1 Å². The van der Waals surface area contributed by atoms with Crippen LogP contribution >= 0.6 is 11.3 Å². The number of nitrogens with two attached hydrogens (primary N) is 1. The van der Waals surface area contributed by atoms with Crippen molar-refractivity contribution >= 4 is 27.1 Å². The molecule has 9 heteroatoms. The molecule has 0 unspecified atom stereocenters. The maximum atomic E-state index is 12.3. The molecule has 0 spiro atoms. The lowest BCUT2D eigenvalue weighted by Gasteiger charge is -2.03. The molecule has 3 rings (SSSR count). The van der Waals surface area contributed by atoms with E-state index in [1.54, 1.807) is 6.07 Å². The number of primary amides is 1. The summed E-state index contributed by atoms with van der Waals surface area (Å²) in [7, 11) is -3.52. The Morgan fingerprint density at radius 1 is 1.12 bits per heavy atom. The molecule has 1 amide bonds. The van der Waals surface area contributed by atoms with E-state index in [-0.39, 0.29) is 22.9 Å². The topological polar surface area (TPSA) is 116 Å². The number of aromatic nitrogens is 2. The fourth-order valence-electron chi connectivity index (χ4n) is 2.09. The summed E-state index contributed by atoms with van der Waals surface area (Å²) in [6.45, 7) is 0. The molecule has 0 fully saturated rings. The molecule has 0 saturated carbocycles.